The SMILES string of the molecule is CC(C)C(NC(N)=O)C(=O)Nc1ccc(F)cc1F. The van der Waals surface area contributed by atoms with Crippen LogP contribution in [0.2, 0.25) is 0 Å². The Kier molecular flexibility index (Phi) is 4.80. The molecule has 3 amide bonds. The second kappa shape index (κ2) is 6.12. The topological polar surface area (TPSA) is 84.2 Å². The van der Waals surface area contributed by atoms with Crippen LogP contribution in [0.4, 0.5) is 19.3 Å². The number of nitrogens with two attached hydrogens (primary N) is 1. The van der Waals surface area contributed by atoms with Crippen LogP contribution in [0, 0.1) is 17.6 Å². The fourth-order valence-corrected chi connectivity index (χ4v) is 1.49. The summed E-state index contributed by atoms with van der Waals surface area (Å²) in [5.74, 6) is -2.50. The van der Waals surface area contributed by atoms with Gasteiger partial charge < -0.3 is 16.4 Å². The molecule has 1 aromatic rings. The van der Waals surface area contributed by atoms with Gasteiger partial charge in [0.05, 0.1) is 5.69 Å². The van der Waals surface area contributed by atoms with Gasteiger partial charge in [-0.25, -0.2) is 13.6 Å². The third-order valence-corrected chi connectivity index (χ3v) is 2.44. The predicted molar refractivity (Wildman–Crippen MR) is 66.3 cm³/mol. The molecule has 1 unspecified atom stereocenters. The van der Waals surface area contributed by atoms with Gasteiger partial charge in [-0.2, -0.15) is 0 Å². The molecule has 4 N–H and O–H groups in total. The highest BCUT2D eigenvalue weighted by atomic mass is 19.1. The van der Waals surface area contributed by atoms with Crippen molar-refractivity contribution in [3.8, 4) is 0 Å². The molecular formula is C12H15F2N3O2. The van der Waals surface area contributed by atoms with E-state index in [1.807, 2.05) is 0 Å². The Morgan fingerprint density at radius 2 is 1.89 bits per heavy atom. The van der Waals surface area contributed by atoms with Gasteiger partial charge in [0.15, 0.2) is 0 Å². The summed E-state index contributed by atoms with van der Waals surface area (Å²) in [6.07, 6.45) is 0. The highest BCUT2D eigenvalue weighted by Gasteiger charge is 2.24. The van der Waals surface area contributed by atoms with E-state index in [2.05, 4.69) is 10.6 Å². The molecule has 1 rings (SSSR count). The van der Waals surface area contributed by atoms with Gasteiger partial charge in [-0.05, 0) is 18.1 Å². The highest BCUT2D eigenvalue weighted by Crippen LogP contribution is 2.16. The van der Waals surface area contributed by atoms with E-state index >= 15 is 0 Å². The number of hydrogen-bond acceptors (Lipinski definition) is 2. The van der Waals surface area contributed by atoms with E-state index in [9.17, 15) is 18.4 Å². The van der Waals surface area contributed by atoms with Gasteiger partial charge in [0, 0.05) is 6.07 Å². The van der Waals surface area contributed by atoms with Crippen molar-refractivity contribution in [1.82, 2.24) is 5.32 Å². The number of carbonyl (C=O) groups is 2. The second-order valence-electron chi connectivity index (χ2n) is 4.34. The van der Waals surface area contributed by atoms with Gasteiger partial charge in [-0.1, -0.05) is 13.8 Å². The molecule has 0 spiro atoms. The van der Waals surface area contributed by atoms with Crippen LogP contribution in [0.15, 0.2) is 18.2 Å². The number of nitrogens with one attached hydrogen (secondary N) is 2. The molecule has 19 heavy (non-hydrogen) atoms. The standard InChI is InChI=1S/C12H15F2N3O2/c1-6(2)10(17-12(15)19)11(18)16-9-4-3-7(13)5-8(9)14/h3-6,10H,1-2H3,(H,16,18)(H3,15,17,19). The summed E-state index contributed by atoms with van der Waals surface area (Å²) >= 11 is 0. The number of hydrogen-bond donors (Lipinski definition) is 3. The van der Waals surface area contributed by atoms with Crippen molar-refractivity contribution in [2.75, 3.05) is 5.32 Å². The van der Waals surface area contributed by atoms with Gasteiger partial charge in [0.1, 0.15) is 17.7 Å². The van der Waals surface area contributed by atoms with Crippen molar-refractivity contribution >= 4 is 17.6 Å². The summed E-state index contributed by atoms with van der Waals surface area (Å²) in [6.45, 7) is 3.39. The molecule has 1 atom stereocenters. The summed E-state index contributed by atoms with van der Waals surface area (Å²) in [5, 5.41) is 4.53. The van der Waals surface area contributed by atoms with Crippen LogP contribution in [-0.2, 0) is 4.79 Å². The first-order valence-corrected chi connectivity index (χ1v) is 5.63. The van der Waals surface area contributed by atoms with Gasteiger partial charge in [0.25, 0.3) is 0 Å². The third-order valence-electron chi connectivity index (χ3n) is 2.44. The number of carbonyl (C=O) groups excluding carboxylic acids is 2. The van der Waals surface area contributed by atoms with Crippen LogP contribution < -0.4 is 16.4 Å². The number of primary amides is 1. The quantitative estimate of drug-likeness (QED) is 0.777. The first-order valence-electron chi connectivity index (χ1n) is 5.63. The average molecular weight is 271 g/mol. The molecule has 0 aliphatic carbocycles. The lowest BCUT2D eigenvalue weighted by atomic mass is 10.0. The number of halogens is 2. The highest BCUT2D eigenvalue weighted by molar-refractivity contribution is 5.97. The molecular weight excluding hydrogens is 256 g/mol. The molecule has 0 radical (unpaired) electrons. The van der Waals surface area contributed by atoms with Crippen LogP contribution in [0.1, 0.15) is 13.8 Å². The maximum atomic E-state index is 13.4. The van der Waals surface area contributed by atoms with Crippen LogP contribution in [0.3, 0.4) is 0 Å². The Hall–Kier alpha value is -2.18. The Morgan fingerprint density at radius 1 is 1.26 bits per heavy atom. The first-order chi connectivity index (χ1) is 8.81. The van der Waals surface area contributed by atoms with Crippen LogP contribution in [0.5, 0.6) is 0 Å². The maximum absolute atomic E-state index is 13.4. The van der Waals surface area contributed by atoms with Crippen LogP contribution in [0.25, 0.3) is 0 Å². The number of amides is 3. The number of urea groups is 1. The summed E-state index contributed by atoms with van der Waals surface area (Å²) in [5.41, 5.74) is 4.79. The fourth-order valence-electron chi connectivity index (χ4n) is 1.49. The van der Waals surface area contributed by atoms with Crippen molar-refractivity contribution in [3.05, 3.63) is 29.8 Å². The van der Waals surface area contributed by atoms with Gasteiger partial charge >= 0.3 is 6.03 Å². The van der Waals surface area contributed by atoms with E-state index in [1.165, 1.54) is 0 Å². The van der Waals surface area contributed by atoms with E-state index in [0.29, 0.717) is 6.07 Å². The number of anilines is 1. The van der Waals surface area contributed by atoms with E-state index in [0.717, 1.165) is 12.1 Å². The third kappa shape index (κ3) is 4.20. The minimum Gasteiger partial charge on any atom is -0.352 e. The molecule has 104 valence electrons. The second-order valence-corrected chi connectivity index (χ2v) is 4.34. The Bertz CT molecular complexity index is 492. The summed E-state index contributed by atoms with van der Waals surface area (Å²) < 4.78 is 26.1. The summed E-state index contributed by atoms with van der Waals surface area (Å²) in [7, 11) is 0. The predicted octanol–water partition coefficient (Wildman–Crippen LogP) is 1.60. The van der Waals surface area contributed by atoms with Crippen LogP contribution in [-0.4, -0.2) is 18.0 Å². The largest absolute Gasteiger partial charge is 0.352 e. The van der Waals surface area contributed by atoms with Crippen molar-refractivity contribution < 1.29 is 18.4 Å². The fraction of sp³-hybridized carbons (Fsp3) is 0.333. The Balaban J connectivity index is 2.84. The summed E-state index contributed by atoms with van der Waals surface area (Å²) in [4.78, 5) is 22.7. The molecule has 0 saturated heterocycles. The van der Waals surface area contributed by atoms with E-state index < -0.39 is 29.6 Å². The molecule has 0 aliphatic heterocycles. The van der Waals surface area contributed by atoms with Crippen molar-refractivity contribution in [1.29, 1.82) is 0 Å². The molecule has 0 heterocycles. The first kappa shape index (κ1) is 14.9. The van der Waals surface area contributed by atoms with Gasteiger partial charge in [0.2, 0.25) is 5.91 Å². The van der Waals surface area contributed by atoms with Crippen molar-refractivity contribution in [2.24, 2.45) is 11.7 Å². The molecule has 0 bridgehead atoms. The molecule has 5 nitrogen and oxygen atoms in total. The van der Waals surface area contributed by atoms with Gasteiger partial charge in [-0.15, -0.1) is 0 Å². The molecule has 0 aromatic heterocycles. The average Bonchev–Trinajstić information content (AvgIpc) is 2.29. The lowest BCUT2D eigenvalue weighted by molar-refractivity contribution is -0.118. The van der Waals surface area contributed by atoms with E-state index in [4.69, 9.17) is 5.73 Å². The van der Waals surface area contributed by atoms with Crippen molar-refractivity contribution in [3.63, 3.8) is 0 Å². The number of benzene rings is 1. The zero-order valence-corrected chi connectivity index (χ0v) is 10.5. The molecule has 0 aliphatic rings. The van der Waals surface area contributed by atoms with Crippen molar-refractivity contribution in [2.45, 2.75) is 19.9 Å². The van der Waals surface area contributed by atoms with E-state index in [1.54, 1.807) is 13.8 Å². The monoisotopic (exact) mass is 271 g/mol. The molecule has 0 saturated carbocycles. The maximum Gasteiger partial charge on any atom is 0.312 e. The molecule has 0 fully saturated rings. The zero-order chi connectivity index (χ0) is 14.6. The minimum absolute atomic E-state index is 0.164. The lowest BCUT2D eigenvalue weighted by Gasteiger charge is -2.20. The Labute approximate surface area is 109 Å². The van der Waals surface area contributed by atoms with E-state index in [-0.39, 0.29) is 11.6 Å². The lowest BCUT2D eigenvalue weighted by Crippen LogP contribution is -2.49. The molecule has 1 aromatic carbocycles. The minimum atomic E-state index is -0.901. The van der Waals surface area contributed by atoms with Crippen LogP contribution >= 0.6 is 0 Å². The normalized spacial score (nSPS) is 12.1. The zero-order valence-electron chi connectivity index (χ0n) is 10.5. The Morgan fingerprint density at radius 3 is 2.37 bits per heavy atom. The smallest absolute Gasteiger partial charge is 0.312 e. The summed E-state index contributed by atoms with van der Waals surface area (Å²) in [6, 6.07) is 1.02. The number of rotatable bonds is 4. The molecule has 7 heteroatoms. The van der Waals surface area contributed by atoms with Gasteiger partial charge in [-0.3, -0.25) is 4.79 Å².